The summed E-state index contributed by atoms with van der Waals surface area (Å²) in [6, 6.07) is 13.1. The molecule has 0 aromatic heterocycles. The van der Waals surface area contributed by atoms with Crippen LogP contribution in [0.4, 0.5) is 18.0 Å². The van der Waals surface area contributed by atoms with Crippen molar-refractivity contribution in [3.8, 4) is 11.1 Å². The minimum Gasteiger partial charge on any atom is -0.480 e. The van der Waals surface area contributed by atoms with Crippen molar-refractivity contribution in [3.05, 3.63) is 59.7 Å². The lowest BCUT2D eigenvalue weighted by atomic mass is 9.98. The fourth-order valence-electron chi connectivity index (χ4n) is 3.94. The van der Waals surface area contributed by atoms with Gasteiger partial charge in [0, 0.05) is 12.5 Å². The highest BCUT2D eigenvalue weighted by Gasteiger charge is 2.39. The zero-order chi connectivity index (χ0) is 24.2. The molecular formula is C23H23F3N2O5. The summed E-state index contributed by atoms with van der Waals surface area (Å²) in [5.74, 6) is -2.83. The molecule has 10 heteroatoms. The lowest BCUT2D eigenvalue weighted by Crippen LogP contribution is -2.51. The van der Waals surface area contributed by atoms with Gasteiger partial charge in [-0.3, -0.25) is 9.59 Å². The molecule has 0 saturated heterocycles. The van der Waals surface area contributed by atoms with Gasteiger partial charge in [-0.15, -0.1) is 0 Å². The number of benzene rings is 2. The summed E-state index contributed by atoms with van der Waals surface area (Å²) in [6.45, 7) is 0.375. The third kappa shape index (κ3) is 5.82. The zero-order valence-electron chi connectivity index (χ0n) is 17.8. The summed E-state index contributed by atoms with van der Waals surface area (Å²) < 4.78 is 44.3. The second-order valence-corrected chi connectivity index (χ2v) is 7.59. The van der Waals surface area contributed by atoms with Crippen molar-refractivity contribution < 1.29 is 37.4 Å². The van der Waals surface area contributed by atoms with Gasteiger partial charge in [-0.1, -0.05) is 48.5 Å². The number of aliphatic carboxylic acids is 1. The third-order valence-electron chi connectivity index (χ3n) is 5.39. The maximum atomic E-state index is 13.0. The molecule has 0 aliphatic heterocycles. The van der Waals surface area contributed by atoms with Crippen LogP contribution in [0.1, 0.15) is 30.4 Å². The standard InChI is InChI=1S/C23H23F3N2O5/c1-2-28(12-20(29)30)21(31)19(11-23(24,25)26)27-22(32)33-13-18-16-9-5-3-7-14(16)15-8-4-6-10-17(15)18/h3-10,18-19H,2,11-13H2,1H3,(H,27,32)(H,29,30). The first-order valence-electron chi connectivity index (χ1n) is 10.3. The smallest absolute Gasteiger partial charge is 0.407 e. The number of likely N-dealkylation sites (N-methyl/N-ethyl adjacent to an activating group) is 1. The molecule has 0 heterocycles. The van der Waals surface area contributed by atoms with E-state index in [0.717, 1.165) is 27.2 Å². The average molecular weight is 464 g/mol. The molecule has 176 valence electrons. The van der Waals surface area contributed by atoms with Gasteiger partial charge in [0.2, 0.25) is 5.91 Å². The van der Waals surface area contributed by atoms with Crippen LogP contribution >= 0.6 is 0 Å². The molecule has 2 aromatic carbocycles. The minimum absolute atomic E-state index is 0.133. The molecule has 2 amide bonds. The number of carbonyl (C=O) groups excluding carboxylic acids is 2. The fraction of sp³-hybridized carbons (Fsp3) is 0.348. The number of alkyl carbamates (subject to hydrolysis) is 1. The van der Waals surface area contributed by atoms with Gasteiger partial charge < -0.3 is 20.1 Å². The van der Waals surface area contributed by atoms with Crippen LogP contribution in [0.25, 0.3) is 11.1 Å². The summed E-state index contributed by atoms with van der Waals surface area (Å²) in [4.78, 5) is 36.5. The van der Waals surface area contributed by atoms with Crippen LogP contribution in [0.2, 0.25) is 0 Å². The maximum absolute atomic E-state index is 13.0. The molecule has 33 heavy (non-hydrogen) atoms. The lowest BCUT2D eigenvalue weighted by molar-refractivity contribution is -0.156. The number of halogens is 3. The second-order valence-electron chi connectivity index (χ2n) is 7.59. The van der Waals surface area contributed by atoms with E-state index < -0.39 is 43.2 Å². The largest absolute Gasteiger partial charge is 0.480 e. The maximum Gasteiger partial charge on any atom is 0.407 e. The average Bonchev–Trinajstić information content (AvgIpc) is 3.08. The molecule has 7 nitrogen and oxygen atoms in total. The Balaban J connectivity index is 1.72. The van der Waals surface area contributed by atoms with Crippen molar-refractivity contribution in [2.24, 2.45) is 0 Å². The van der Waals surface area contributed by atoms with E-state index in [1.54, 1.807) is 0 Å². The number of hydrogen-bond donors (Lipinski definition) is 2. The van der Waals surface area contributed by atoms with E-state index in [0.29, 0.717) is 0 Å². The van der Waals surface area contributed by atoms with E-state index in [1.165, 1.54) is 6.92 Å². The second kappa shape index (κ2) is 9.93. The molecule has 0 spiro atoms. The van der Waals surface area contributed by atoms with Crippen molar-refractivity contribution in [3.63, 3.8) is 0 Å². The Bertz CT molecular complexity index is 995. The molecule has 1 atom stereocenters. The summed E-state index contributed by atoms with van der Waals surface area (Å²) in [6.07, 6.45) is -7.60. The first kappa shape index (κ1) is 24.1. The summed E-state index contributed by atoms with van der Waals surface area (Å²) in [5, 5.41) is 10.9. The summed E-state index contributed by atoms with van der Waals surface area (Å²) in [5.41, 5.74) is 3.82. The van der Waals surface area contributed by atoms with Gasteiger partial charge in [-0.2, -0.15) is 13.2 Å². The lowest BCUT2D eigenvalue weighted by Gasteiger charge is -2.26. The number of carboxylic acids is 1. The van der Waals surface area contributed by atoms with Gasteiger partial charge in [0.1, 0.15) is 19.2 Å². The highest BCUT2D eigenvalue weighted by Crippen LogP contribution is 2.44. The number of amides is 2. The molecule has 0 radical (unpaired) electrons. The highest BCUT2D eigenvalue weighted by molar-refractivity contribution is 5.88. The van der Waals surface area contributed by atoms with E-state index in [1.807, 2.05) is 53.8 Å². The van der Waals surface area contributed by atoms with Crippen molar-refractivity contribution in [1.29, 1.82) is 0 Å². The molecule has 0 fully saturated rings. The number of fused-ring (bicyclic) bond motifs is 3. The molecule has 3 rings (SSSR count). The molecule has 1 aliphatic rings. The number of alkyl halides is 3. The van der Waals surface area contributed by atoms with E-state index in [9.17, 15) is 27.6 Å². The van der Waals surface area contributed by atoms with Crippen LogP contribution in [0.15, 0.2) is 48.5 Å². The highest BCUT2D eigenvalue weighted by atomic mass is 19.4. The van der Waals surface area contributed by atoms with Crippen molar-refractivity contribution >= 4 is 18.0 Å². The molecule has 2 aromatic rings. The first-order valence-corrected chi connectivity index (χ1v) is 10.3. The van der Waals surface area contributed by atoms with Crippen LogP contribution in [-0.4, -0.2) is 59.9 Å². The quantitative estimate of drug-likeness (QED) is 0.620. The van der Waals surface area contributed by atoms with E-state index in [2.05, 4.69) is 0 Å². The SMILES string of the molecule is CCN(CC(=O)O)C(=O)C(CC(F)(F)F)NC(=O)OCC1c2ccccc2-c2ccccc21. The van der Waals surface area contributed by atoms with Crippen LogP contribution in [0.5, 0.6) is 0 Å². The molecule has 1 unspecified atom stereocenters. The molecular weight excluding hydrogens is 441 g/mol. The molecule has 2 N–H and O–H groups in total. The molecule has 1 aliphatic carbocycles. The summed E-state index contributed by atoms with van der Waals surface area (Å²) >= 11 is 0. The number of ether oxygens (including phenoxy) is 1. The van der Waals surface area contributed by atoms with Gasteiger partial charge in [0.05, 0.1) is 6.42 Å². The monoisotopic (exact) mass is 464 g/mol. The van der Waals surface area contributed by atoms with Crippen LogP contribution < -0.4 is 5.32 Å². The van der Waals surface area contributed by atoms with E-state index in [4.69, 9.17) is 9.84 Å². The van der Waals surface area contributed by atoms with Gasteiger partial charge in [0.15, 0.2) is 0 Å². The number of nitrogens with zero attached hydrogens (tertiary/aromatic N) is 1. The Morgan fingerprint density at radius 3 is 2.09 bits per heavy atom. The Morgan fingerprint density at radius 2 is 1.61 bits per heavy atom. The Morgan fingerprint density at radius 1 is 1.06 bits per heavy atom. The Kier molecular flexibility index (Phi) is 7.25. The molecule has 0 bridgehead atoms. The van der Waals surface area contributed by atoms with E-state index in [-0.39, 0.29) is 19.1 Å². The number of carbonyl (C=O) groups is 3. The first-order chi connectivity index (χ1) is 15.6. The van der Waals surface area contributed by atoms with Crippen molar-refractivity contribution in [1.82, 2.24) is 10.2 Å². The predicted octanol–water partition coefficient (Wildman–Crippen LogP) is 3.78. The van der Waals surface area contributed by atoms with Crippen molar-refractivity contribution in [2.75, 3.05) is 19.7 Å². The topological polar surface area (TPSA) is 95.9 Å². The van der Waals surface area contributed by atoms with Gasteiger partial charge in [0.25, 0.3) is 0 Å². The van der Waals surface area contributed by atoms with Gasteiger partial charge in [-0.05, 0) is 29.2 Å². The number of carboxylic acid groups (broad SMARTS) is 1. The summed E-state index contributed by atoms with van der Waals surface area (Å²) in [7, 11) is 0. The van der Waals surface area contributed by atoms with E-state index >= 15 is 0 Å². The van der Waals surface area contributed by atoms with Crippen LogP contribution in [0.3, 0.4) is 0 Å². The van der Waals surface area contributed by atoms with Crippen LogP contribution in [-0.2, 0) is 14.3 Å². The normalized spacial score (nSPS) is 13.6. The Labute approximate surface area is 188 Å². The zero-order valence-corrected chi connectivity index (χ0v) is 17.8. The van der Waals surface area contributed by atoms with Crippen molar-refractivity contribution in [2.45, 2.75) is 31.5 Å². The number of rotatable bonds is 8. The molecule has 0 saturated carbocycles. The Hall–Kier alpha value is -3.56. The minimum atomic E-state index is -4.76. The third-order valence-corrected chi connectivity index (χ3v) is 5.39. The fourth-order valence-corrected chi connectivity index (χ4v) is 3.94. The predicted molar refractivity (Wildman–Crippen MR) is 113 cm³/mol. The van der Waals surface area contributed by atoms with Gasteiger partial charge in [-0.25, -0.2) is 4.79 Å². The van der Waals surface area contributed by atoms with Gasteiger partial charge >= 0.3 is 18.2 Å². The van der Waals surface area contributed by atoms with Crippen LogP contribution in [0, 0.1) is 0 Å². The number of nitrogens with one attached hydrogen (secondary N) is 1. The number of hydrogen-bond acceptors (Lipinski definition) is 4.